The molecule has 2 nitrogen and oxygen atoms in total. The highest BCUT2D eigenvalue weighted by atomic mass is 79.9. The molecule has 0 unspecified atom stereocenters. The molecule has 1 aliphatic heterocycles. The summed E-state index contributed by atoms with van der Waals surface area (Å²) in [6.07, 6.45) is 4.87. The van der Waals surface area contributed by atoms with Crippen LogP contribution >= 0.6 is 17.0 Å². The average Bonchev–Trinajstić information content (AvgIpc) is 2.56. The van der Waals surface area contributed by atoms with E-state index in [1.165, 1.54) is 43.5 Å². The molecular formula is C20H26BrNO. The summed E-state index contributed by atoms with van der Waals surface area (Å²) in [6.45, 7) is 3.51. The smallest absolute Gasteiger partial charge is 0.115 e. The summed E-state index contributed by atoms with van der Waals surface area (Å²) in [6, 6.07) is 18.5. The Labute approximate surface area is 149 Å². The van der Waals surface area contributed by atoms with E-state index < -0.39 is 0 Å². The number of halogens is 1. The van der Waals surface area contributed by atoms with E-state index >= 15 is 0 Å². The number of aromatic hydroxyl groups is 1. The van der Waals surface area contributed by atoms with E-state index in [4.69, 9.17) is 0 Å². The van der Waals surface area contributed by atoms with Gasteiger partial charge in [-0.3, -0.25) is 0 Å². The molecule has 1 heterocycles. The van der Waals surface area contributed by atoms with Crippen LogP contribution in [0.15, 0.2) is 54.6 Å². The van der Waals surface area contributed by atoms with E-state index in [2.05, 4.69) is 41.3 Å². The van der Waals surface area contributed by atoms with Crippen LogP contribution in [0.3, 0.4) is 0 Å². The minimum Gasteiger partial charge on any atom is -0.508 e. The van der Waals surface area contributed by atoms with E-state index in [1.54, 1.807) is 6.07 Å². The summed E-state index contributed by atoms with van der Waals surface area (Å²) in [7, 11) is 0. The maximum absolute atomic E-state index is 9.66. The molecule has 1 N–H and O–H groups in total. The predicted octanol–water partition coefficient (Wildman–Crippen LogP) is 4.78. The van der Waals surface area contributed by atoms with Crippen molar-refractivity contribution in [2.45, 2.75) is 31.6 Å². The number of phenolic OH excluding ortho intramolecular Hbond substituents is 1. The van der Waals surface area contributed by atoms with Crippen molar-refractivity contribution in [1.82, 2.24) is 4.90 Å². The molecule has 1 aliphatic rings. The predicted molar refractivity (Wildman–Crippen MR) is 102 cm³/mol. The first-order chi connectivity index (χ1) is 10.8. The second-order valence-corrected chi connectivity index (χ2v) is 6.32. The Balaban J connectivity index is 0.00000192. The molecule has 3 heteroatoms. The lowest BCUT2D eigenvalue weighted by atomic mass is 9.90. The molecule has 1 fully saturated rings. The minimum atomic E-state index is 0. The highest BCUT2D eigenvalue weighted by Crippen LogP contribution is 2.28. The maximum atomic E-state index is 9.66. The number of rotatable bonds is 5. The molecule has 23 heavy (non-hydrogen) atoms. The van der Waals surface area contributed by atoms with Gasteiger partial charge in [-0.05, 0) is 68.0 Å². The molecule has 2 aromatic rings. The van der Waals surface area contributed by atoms with Crippen LogP contribution in [0.1, 0.15) is 36.3 Å². The number of aryl methyl sites for hydroxylation is 1. The van der Waals surface area contributed by atoms with Crippen LogP contribution < -0.4 is 0 Å². The Kier molecular flexibility index (Phi) is 7.13. The van der Waals surface area contributed by atoms with Crippen LogP contribution in [-0.2, 0) is 6.42 Å². The number of piperidine rings is 1. The van der Waals surface area contributed by atoms with Gasteiger partial charge in [0.25, 0.3) is 0 Å². The van der Waals surface area contributed by atoms with Crippen molar-refractivity contribution in [3.8, 4) is 5.75 Å². The third-order valence-electron chi connectivity index (χ3n) is 4.63. The number of hydrogen-bond donors (Lipinski definition) is 1. The first-order valence-corrected chi connectivity index (χ1v) is 8.36. The lowest BCUT2D eigenvalue weighted by Crippen LogP contribution is -2.35. The topological polar surface area (TPSA) is 23.5 Å². The van der Waals surface area contributed by atoms with Crippen molar-refractivity contribution in [1.29, 1.82) is 0 Å². The average molecular weight is 376 g/mol. The molecule has 2 aromatic carbocycles. The number of nitrogens with zero attached hydrogens (tertiary/aromatic N) is 1. The van der Waals surface area contributed by atoms with Crippen molar-refractivity contribution in [2.24, 2.45) is 0 Å². The van der Waals surface area contributed by atoms with E-state index in [0.717, 1.165) is 13.0 Å². The van der Waals surface area contributed by atoms with Crippen LogP contribution in [0, 0.1) is 0 Å². The first kappa shape index (κ1) is 18.0. The standard InChI is InChI=1S/C20H25NO.BrH/c22-20-12-4-10-18(15-20)19-11-6-14-21(16-19)13-5-9-17-7-2-1-3-8-17;/h1-4,7-8,10,12,15,19,22H,5-6,9,11,13-14,16H2;1H/t19-;/m0./s1. The van der Waals surface area contributed by atoms with Gasteiger partial charge in [-0.1, -0.05) is 42.5 Å². The Morgan fingerprint density at radius 1 is 1.04 bits per heavy atom. The van der Waals surface area contributed by atoms with Crippen molar-refractivity contribution in [3.05, 3.63) is 65.7 Å². The van der Waals surface area contributed by atoms with E-state index in [0.29, 0.717) is 11.7 Å². The van der Waals surface area contributed by atoms with Gasteiger partial charge in [0.05, 0.1) is 0 Å². The largest absolute Gasteiger partial charge is 0.508 e. The Morgan fingerprint density at radius 2 is 1.87 bits per heavy atom. The van der Waals surface area contributed by atoms with Gasteiger partial charge in [0.15, 0.2) is 0 Å². The summed E-state index contributed by atoms with van der Waals surface area (Å²) >= 11 is 0. The summed E-state index contributed by atoms with van der Waals surface area (Å²) in [5.41, 5.74) is 2.72. The Hall–Kier alpha value is -1.32. The highest BCUT2D eigenvalue weighted by molar-refractivity contribution is 8.93. The zero-order valence-electron chi connectivity index (χ0n) is 13.5. The summed E-state index contributed by atoms with van der Waals surface area (Å²) in [5, 5.41) is 9.66. The number of benzene rings is 2. The molecular weight excluding hydrogens is 350 g/mol. The lowest BCUT2D eigenvalue weighted by molar-refractivity contribution is 0.206. The zero-order valence-corrected chi connectivity index (χ0v) is 15.2. The van der Waals surface area contributed by atoms with E-state index in [-0.39, 0.29) is 17.0 Å². The van der Waals surface area contributed by atoms with Crippen LogP contribution in [0.2, 0.25) is 0 Å². The lowest BCUT2D eigenvalue weighted by Gasteiger charge is -2.33. The maximum Gasteiger partial charge on any atom is 0.115 e. The number of phenols is 1. The van der Waals surface area contributed by atoms with Gasteiger partial charge in [-0.2, -0.15) is 0 Å². The molecule has 0 spiro atoms. The number of hydrogen-bond acceptors (Lipinski definition) is 2. The van der Waals surface area contributed by atoms with Crippen LogP contribution in [0.5, 0.6) is 5.75 Å². The molecule has 124 valence electrons. The normalized spacial score (nSPS) is 18.3. The van der Waals surface area contributed by atoms with Gasteiger partial charge in [0, 0.05) is 6.54 Å². The molecule has 0 aromatic heterocycles. The quantitative estimate of drug-likeness (QED) is 0.812. The fraction of sp³-hybridized carbons (Fsp3) is 0.400. The molecule has 0 saturated carbocycles. The summed E-state index contributed by atoms with van der Waals surface area (Å²) in [5.74, 6) is 0.955. The van der Waals surface area contributed by atoms with Crippen molar-refractivity contribution in [2.75, 3.05) is 19.6 Å². The molecule has 0 aliphatic carbocycles. The molecule has 0 amide bonds. The second-order valence-electron chi connectivity index (χ2n) is 6.32. The van der Waals surface area contributed by atoms with Crippen LogP contribution in [0.4, 0.5) is 0 Å². The van der Waals surface area contributed by atoms with Gasteiger partial charge >= 0.3 is 0 Å². The van der Waals surface area contributed by atoms with Crippen molar-refractivity contribution >= 4 is 17.0 Å². The third-order valence-corrected chi connectivity index (χ3v) is 4.63. The molecule has 1 saturated heterocycles. The monoisotopic (exact) mass is 375 g/mol. The van der Waals surface area contributed by atoms with Crippen LogP contribution in [0.25, 0.3) is 0 Å². The summed E-state index contributed by atoms with van der Waals surface area (Å²) < 4.78 is 0. The Morgan fingerprint density at radius 3 is 2.65 bits per heavy atom. The van der Waals surface area contributed by atoms with Gasteiger partial charge in [0.2, 0.25) is 0 Å². The third kappa shape index (κ3) is 5.36. The number of likely N-dealkylation sites (tertiary alicyclic amines) is 1. The fourth-order valence-electron chi connectivity index (χ4n) is 3.46. The first-order valence-electron chi connectivity index (χ1n) is 8.36. The van der Waals surface area contributed by atoms with Crippen LogP contribution in [-0.4, -0.2) is 29.6 Å². The fourth-order valence-corrected chi connectivity index (χ4v) is 3.46. The highest BCUT2D eigenvalue weighted by Gasteiger charge is 2.21. The van der Waals surface area contributed by atoms with Crippen molar-refractivity contribution in [3.63, 3.8) is 0 Å². The van der Waals surface area contributed by atoms with Gasteiger partial charge in [-0.25, -0.2) is 0 Å². The van der Waals surface area contributed by atoms with E-state index in [1.807, 2.05) is 12.1 Å². The minimum absolute atomic E-state index is 0. The molecule has 0 radical (unpaired) electrons. The van der Waals surface area contributed by atoms with Gasteiger partial charge < -0.3 is 10.0 Å². The summed E-state index contributed by atoms with van der Waals surface area (Å²) in [4.78, 5) is 2.58. The van der Waals surface area contributed by atoms with Crippen molar-refractivity contribution < 1.29 is 5.11 Å². The van der Waals surface area contributed by atoms with Gasteiger partial charge in [-0.15, -0.1) is 17.0 Å². The SMILES string of the molecule is Br.Oc1cccc([C@H]2CCCN(CCCc3ccccc3)C2)c1. The van der Waals surface area contributed by atoms with E-state index in [9.17, 15) is 5.11 Å². The second kappa shape index (κ2) is 9.09. The van der Waals surface area contributed by atoms with Gasteiger partial charge in [0.1, 0.15) is 5.75 Å². The Bertz CT molecular complexity index is 587. The molecule has 0 bridgehead atoms. The molecule has 3 rings (SSSR count). The molecule has 1 atom stereocenters. The zero-order chi connectivity index (χ0) is 15.2.